The molecule has 1 N–H and O–H groups in total. The second-order valence-electron chi connectivity index (χ2n) is 3.30. The van der Waals surface area contributed by atoms with Crippen LogP contribution >= 0.6 is 11.3 Å². The molecule has 2 rings (SSSR count). The molecule has 0 spiro atoms. The quantitative estimate of drug-likeness (QED) is 0.831. The van der Waals surface area contributed by atoms with Crippen LogP contribution in [0.3, 0.4) is 0 Å². The van der Waals surface area contributed by atoms with Crippen LogP contribution in [0.5, 0.6) is 0 Å². The zero-order valence-corrected chi connectivity index (χ0v) is 9.72. The van der Waals surface area contributed by atoms with Crippen LogP contribution in [0.25, 0.3) is 0 Å². The first-order valence-corrected chi connectivity index (χ1v) is 5.94. The SMILES string of the molecule is CCc1ccsc1CNc1cc(F)ncn1. The summed E-state index contributed by atoms with van der Waals surface area (Å²) in [6.07, 6.45) is 2.23. The van der Waals surface area contributed by atoms with Crippen molar-refractivity contribution in [3.05, 3.63) is 40.2 Å². The van der Waals surface area contributed by atoms with E-state index in [4.69, 9.17) is 0 Å². The summed E-state index contributed by atoms with van der Waals surface area (Å²) in [4.78, 5) is 8.61. The van der Waals surface area contributed by atoms with Crippen molar-refractivity contribution in [1.82, 2.24) is 9.97 Å². The molecule has 3 nitrogen and oxygen atoms in total. The van der Waals surface area contributed by atoms with Crippen molar-refractivity contribution in [3.8, 4) is 0 Å². The number of nitrogens with zero attached hydrogens (tertiary/aromatic N) is 2. The van der Waals surface area contributed by atoms with Gasteiger partial charge in [-0.2, -0.15) is 4.39 Å². The van der Waals surface area contributed by atoms with Crippen molar-refractivity contribution in [2.45, 2.75) is 19.9 Å². The van der Waals surface area contributed by atoms with E-state index in [-0.39, 0.29) is 0 Å². The first kappa shape index (κ1) is 11.0. The number of halogens is 1. The zero-order valence-electron chi connectivity index (χ0n) is 8.90. The second kappa shape index (κ2) is 5.03. The van der Waals surface area contributed by atoms with E-state index in [9.17, 15) is 4.39 Å². The van der Waals surface area contributed by atoms with E-state index in [2.05, 4.69) is 33.7 Å². The largest absolute Gasteiger partial charge is 0.365 e. The van der Waals surface area contributed by atoms with Gasteiger partial charge in [-0.3, -0.25) is 0 Å². The summed E-state index contributed by atoms with van der Waals surface area (Å²) in [5.41, 5.74) is 1.33. The molecule has 0 atom stereocenters. The van der Waals surface area contributed by atoms with Crippen LogP contribution in [-0.2, 0) is 13.0 Å². The number of aryl methyl sites for hydroxylation is 1. The molecule has 0 unspecified atom stereocenters. The molecule has 0 saturated heterocycles. The molecule has 0 radical (unpaired) electrons. The number of aromatic nitrogens is 2. The fourth-order valence-corrected chi connectivity index (χ4v) is 2.35. The van der Waals surface area contributed by atoms with Crippen LogP contribution in [0.4, 0.5) is 10.2 Å². The number of hydrogen-bond donors (Lipinski definition) is 1. The summed E-state index contributed by atoms with van der Waals surface area (Å²) in [6.45, 7) is 2.80. The van der Waals surface area contributed by atoms with Crippen LogP contribution in [0, 0.1) is 5.95 Å². The van der Waals surface area contributed by atoms with E-state index < -0.39 is 5.95 Å². The van der Waals surface area contributed by atoms with Gasteiger partial charge >= 0.3 is 0 Å². The Bertz CT molecular complexity index is 470. The first-order valence-electron chi connectivity index (χ1n) is 5.06. The minimum atomic E-state index is -0.514. The van der Waals surface area contributed by atoms with Crippen LogP contribution in [0.15, 0.2) is 23.8 Å². The molecule has 0 aliphatic carbocycles. The summed E-state index contributed by atoms with van der Waals surface area (Å²) in [5.74, 6) is 0.00217. The van der Waals surface area contributed by atoms with Gasteiger partial charge in [0.25, 0.3) is 0 Å². The summed E-state index contributed by atoms with van der Waals surface area (Å²) >= 11 is 1.70. The topological polar surface area (TPSA) is 37.8 Å². The lowest BCUT2D eigenvalue weighted by Crippen LogP contribution is -2.02. The molecule has 0 fully saturated rings. The molecule has 0 saturated carbocycles. The summed E-state index contributed by atoms with van der Waals surface area (Å²) < 4.78 is 12.8. The van der Waals surface area contributed by atoms with E-state index in [0.717, 1.165) is 6.42 Å². The van der Waals surface area contributed by atoms with Gasteiger partial charge in [0.2, 0.25) is 5.95 Å². The predicted octanol–water partition coefficient (Wildman–Crippen LogP) is 2.85. The third-order valence-corrected chi connectivity index (χ3v) is 3.25. The average Bonchev–Trinajstić information content (AvgIpc) is 2.74. The Morgan fingerprint density at radius 1 is 1.44 bits per heavy atom. The molecule has 2 aromatic rings. The van der Waals surface area contributed by atoms with Gasteiger partial charge in [-0.25, -0.2) is 9.97 Å². The third kappa shape index (κ3) is 2.55. The standard InChI is InChI=1S/C11H12FN3S/c1-2-8-3-4-16-9(8)6-13-11-5-10(12)14-7-15-11/h3-5,7H,2,6H2,1H3,(H,13,14,15). The third-order valence-electron chi connectivity index (χ3n) is 2.28. The highest BCUT2D eigenvalue weighted by atomic mass is 32.1. The molecule has 2 heterocycles. The van der Waals surface area contributed by atoms with Crippen LogP contribution in [0.1, 0.15) is 17.4 Å². The number of anilines is 1. The minimum Gasteiger partial charge on any atom is -0.365 e. The van der Waals surface area contributed by atoms with E-state index in [1.54, 1.807) is 11.3 Å². The predicted molar refractivity (Wildman–Crippen MR) is 63.0 cm³/mol. The molecule has 0 amide bonds. The highest BCUT2D eigenvalue weighted by Gasteiger charge is 2.03. The summed E-state index contributed by atoms with van der Waals surface area (Å²) in [5, 5.41) is 5.15. The number of thiophene rings is 1. The van der Waals surface area contributed by atoms with Gasteiger partial charge < -0.3 is 5.32 Å². The molecular weight excluding hydrogens is 225 g/mol. The van der Waals surface area contributed by atoms with Gasteiger partial charge in [-0.05, 0) is 23.4 Å². The molecule has 84 valence electrons. The van der Waals surface area contributed by atoms with Crippen molar-refractivity contribution in [3.63, 3.8) is 0 Å². The molecule has 2 aromatic heterocycles. The minimum absolute atomic E-state index is 0.514. The van der Waals surface area contributed by atoms with E-state index in [0.29, 0.717) is 12.4 Å². The van der Waals surface area contributed by atoms with E-state index >= 15 is 0 Å². The fraction of sp³-hybridized carbons (Fsp3) is 0.273. The van der Waals surface area contributed by atoms with E-state index in [1.165, 1.54) is 22.8 Å². The van der Waals surface area contributed by atoms with Crippen molar-refractivity contribution in [2.24, 2.45) is 0 Å². The molecule has 0 aliphatic heterocycles. The Balaban J connectivity index is 2.02. The van der Waals surface area contributed by atoms with Gasteiger partial charge in [0.05, 0.1) is 6.54 Å². The average molecular weight is 237 g/mol. The number of hydrogen-bond acceptors (Lipinski definition) is 4. The van der Waals surface area contributed by atoms with Gasteiger partial charge in [-0.15, -0.1) is 11.3 Å². The van der Waals surface area contributed by atoms with Gasteiger partial charge in [0.15, 0.2) is 0 Å². The Labute approximate surface area is 97.4 Å². The lowest BCUT2D eigenvalue weighted by Gasteiger charge is -2.05. The maximum absolute atomic E-state index is 12.8. The number of nitrogens with one attached hydrogen (secondary N) is 1. The first-order chi connectivity index (χ1) is 7.79. The van der Waals surface area contributed by atoms with Crippen molar-refractivity contribution in [2.75, 3.05) is 5.32 Å². The normalized spacial score (nSPS) is 10.4. The van der Waals surface area contributed by atoms with Crippen LogP contribution in [-0.4, -0.2) is 9.97 Å². The Morgan fingerprint density at radius 3 is 3.06 bits per heavy atom. The van der Waals surface area contributed by atoms with E-state index in [1.807, 2.05) is 0 Å². The van der Waals surface area contributed by atoms with Crippen molar-refractivity contribution in [1.29, 1.82) is 0 Å². The second-order valence-corrected chi connectivity index (χ2v) is 4.30. The highest BCUT2D eigenvalue weighted by Crippen LogP contribution is 2.18. The zero-order chi connectivity index (χ0) is 11.4. The van der Waals surface area contributed by atoms with Crippen LogP contribution in [0.2, 0.25) is 0 Å². The molecule has 0 bridgehead atoms. The highest BCUT2D eigenvalue weighted by molar-refractivity contribution is 7.10. The summed E-state index contributed by atoms with van der Waals surface area (Å²) in [7, 11) is 0. The van der Waals surface area contributed by atoms with Crippen molar-refractivity contribution >= 4 is 17.2 Å². The Kier molecular flexibility index (Phi) is 3.46. The molecule has 5 heteroatoms. The molecule has 0 aromatic carbocycles. The summed E-state index contributed by atoms with van der Waals surface area (Å²) in [6, 6.07) is 3.40. The van der Waals surface area contributed by atoms with Gasteiger partial charge in [0, 0.05) is 10.9 Å². The van der Waals surface area contributed by atoms with Crippen LogP contribution < -0.4 is 5.32 Å². The van der Waals surface area contributed by atoms with Crippen molar-refractivity contribution < 1.29 is 4.39 Å². The Morgan fingerprint density at radius 2 is 2.31 bits per heavy atom. The monoisotopic (exact) mass is 237 g/mol. The number of rotatable bonds is 4. The smallest absolute Gasteiger partial charge is 0.217 e. The lowest BCUT2D eigenvalue weighted by atomic mass is 10.2. The maximum Gasteiger partial charge on any atom is 0.217 e. The molecule has 0 aliphatic rings. The Hall–Kier alpha value is -1.49. The fourth-order valence-electron chi connectivity index (χ4n) is 1.44. The van der Waals surface area contributed by atoms with Gasteiger partial charge in [-0.1, -0.05) is 6.92 Å². The lowest BCUT2D eigenvalue weighted by molar-refractivity contribution is 0.580. The maximum atomic E-state index is 12.8. The van der Waals surface area contributed by atoms with Gasteiger partial charge in [0.1, 0.15) is 12.1 Å². The molecular formula is C11H12FN3S. The molecule has 16 heavy (non-hydrogen) atoms.